The molecular formula is C33H43NO10. The van der Waals surface area contributed by atoms with Gasteiger partial charge in [0, 0.05) is 83.0 Å². The molecule has 6 fully saturated rings. The van der Waals surface area contributed by atoms with Crippen LogP contribution in [0.2, 0.25) is 0 Å². The van der Waals surface area contributed by atoms with E-state index in [1.54, 1.807) is 45.6 Å². The van der Waals surface area contributed by atoms with Crippen molar-refractivity contribution in [3.8, 4) is 0 Å². The van der Waals surface area contributed by atoms with Crippen molar-refractivity contribution in [2.45, 2.75) is 74.3 Å². The summed E-state index contributed by atoms with van der Waals surface area (Å²) < 4.78 is 37.6. The Balaban J connectivity index is 1.50. The zero-order chi connectivity index (χ0) is 31.2. The van der Waals surface area contributed by atoms with Gasteiger partial charge in [0.2, 0.25) is 6.41 Å². The topological polar surface area (TPSA) is 130 Å². The van der Waals surface area contributed by atoms with Gasteiger partial charge in [0.05, 0.1) is 30.5 Å². The van der Waals surface area contributed by atoms with Crippen LogP contribution in [-0.2, 0) is 38.0 Å². The van der Waals surface area contributed by atoms with Gasteiger partial charge in [-0.1, -0.05) is 18.2 Å². The largest absolute Gasteiger partial charge is 0.458 e. The Hall–Kier alpha value is -2.57. The molecule has 11 nitrogen and oxygen atoms in total. The maximum atomic E-state index is 13.7. The molecule has 1 spiro atoms. The molecular weight excluding hydrogens is 570 g/mol. The van der Waals surface area contributed by atoms with Crippen LogP contribution in [0.5, 0.6) is 0 Å². The van der Waals surface area contributed by atoms with Gasteiger partial charge in [-0.15, -0.1) is 0 Å². The summed E-state index contributed by atoms with van der Waals surface area (Å²) >= 11 is 0. The first kappa shape index (κ1) is 30.1. The van der Waals surface area contributed by atoms with Crippen molar-refractivity contribution >= 4 is 18.3 Å². The van der Waals surface area contributed by atoms with Gasteiger partial charge in [0.15, 0.2) is 0 Å². The minimum absolute atomic E-state index is 0.137. The minimum atomic E-state index is -1.57. The van der Waals surface area contributed by atoms with Crippen molar-refractivity contribution in [2.75, 3.05) is 41.6 Å². The number of benzene rings is 1. The van der Waals surface area contributed by atoms with Gasteiger partial charge in [0.25, 0.3) is 0 Å². The standard InChI is InChI=1S/C33H43NO10/c1-18(36)44-32-14-22(41-4)31(38)13-20(23(32)28(31)43-29(37)19-9-7-6-8-10-19)33-21(40-3)11-12-30(16-39-2)15-34(17-35)27(33)24(32)25(42-5)26(30)33/h6-10,17,20-28,38H,11-16H2,1-5H3/t20-,21+,22+,23-,24+,25+,26-,27-,28-,30+,31-,32-,33+/m1/s1. The Labute approximate surface area is 257 Å². The Morgan fingerprint density at radius 1 is 1.02 bits per heavy atom. The van der Waals surface area contributed by atoms with E-state index in [-0.39, 0.29) is 30.8 Å². The first-order chi connectivity index (χ1) is 21.1. The van der Waals surface area contributed by atoms with Gasteiger partial charge in [0.1, 0.15) is 17.3 Å². The molecule has 7 rings (SSSR count). The van der Waals surface area contributed by atoms with Gasteiger partial charge in [-0.3, -0.25) is 9.59 Å². The highest BCUT2D eigenvalue weighted by molar-refractivity contribution is 5.89. The second kappa shape index (κ2) is 10.2. The highest BCUT2D eigenvalue weighted by atomic mass is 16.6. The number of methoxy groups -OCH3 is 4. The number of amides is 1. The van der Waals surface area contributed by atoms with Crippen LogP contribution in [0.25, 0.3) is 0 Å². The van der Waals surface area contributed by atoms with E-state index in [0.717, 1.165) is 19.3 Å². The number of likely N-dealkylation sites (tertiary alicyclic amines) is 1. The number of rotatable bonds is 9. The normalized spacial score (nSPS) is 47.7. The van der Waals surface area contributed by atoms with E-state index in [2.05, 4.69) is 0 Å². The molecule has 1 aliphatic heterocycles. The third-order valence-electron chi connectivity index (χ3n) is 12.7. The van der Waals surface area contributed by atoms with Crippen molar-refractivity contribution in [3.05, 3.63) is 35.9 Å². The van der Waals surface area contributed by atoms with Crippen LogP contribution in [0, 0.1) is 34.5 Å². The number of carbonyl (C=O) groups excluding carboxylic acids is 3. The quantitative estimate of drug-likeness (QED) is 0.325. The molecule has 0 unspecified atom stereocenters. The lowest BCUT2D eigenvalue weighted by Gasteiger charge is -2.68. The molecule has 7 bridgehead atoms. The maximum Gasteiger partial charge on any atom is 0.338 e. The van der Waals surface area contributed by atoms with Crippen LogP contribution < -0.4 is 0 Å². The predicted octanol–water partition coefficient (Wildman–Crippen LogP) is 1.84. The van der Waals surface area contributed by atoms with Crippen LogP contribution in [0.1, 0.15) is 43.0 Å². The number of ether oxygens (including phenoxy) is 6. The highest BCUT2D eigenvalue weighted by Gasteiger charge is 2.90. The number of piperidine rings is 1. The Bertz CT molecular complexity index is 1330. The summed E-state index contributed by atoms with van der Waals surface area (Å²) in [5, 5.41) is 12.7. The Morgan fingerprint density at radius 2 is 1.75 bits per heavy atom. The van der Waals surface area contributed by atoms with Gasteiger partial charge in [-0.05, 0) is 37.3 Å². The number of carbonyl (C=O) groups is 3. The molecule has 11 heteroatoms. The molecule has 5 aliphatic carbocycles. The molecule has 1 N–H and O–H groups in total. The summed E-state index contributed by atoms with van der Waals surface area (Å²) in [6.07, 6.45) is 0.195. The third-order valence-corrected chi connectivity index (χ3v) is 12.7. The summed E-state index contributed by atoms with van der Waals surface area (Å²) in [7, 11) is 6.58. The molecule has 13 atom stereocenters. The van der Waals surface area contributed by atoms with E-state index in [9.17, 15) is 19.5 Å². The Morgan fingerprint density at radius 3 is 2.36 bits per heavy atom. The molecule has 44 heavy (non-hydrogen) atoms. The number of hydrogen-bond acceptors (Lipinski definition) is 10. The van der Waals surface area contributed by atoms with E-state index < -0.39 is 70.2 Å². The van der Waals surface area contributed by atoms with Crippen LogP contribution in [0.4, 0.5) is 0 Å². The SMILES string of the molecule is COC[C@@]12CC[C@H](OC)[C@@]34[C@@H]5C[C@@]6(O)[C@@H](OC)C[C@@](OC(C)=O)([C@H]5[C@H]6OC(=O)c5ccccc5)[C@@H]([C@H](OC)[C@H]13)[C@H]4N(C=O)C2. The number of fused-ring (bicyclic) bond motifs is 2. The van der Waals surface area contributed by atoms with Crippen LogP contribution in [0.15, 0.2) is 30.3 Å². The molecule has 1 saturated heterocycles. The molecule has 0 radical (unpaired) electrons. The summed E-state index contributed by atoms with van der Waals surface area (Å²) in [6.45, 7) is 2.26. The van der Waals surface area contributed by atoms with Crippen LogP contribution >= 0.6 is 0 Å². The van der Waals surface area contributed by atoms with E-state index in [1.807, 2.05) is 11.0 Å². The number of hydrogen-bond donors (Lipinski definition) is 1. The van der Waals surface area contributed by atoms with E-state index in [4.69, 9.17) is 28.4 Å². The second-order valence-electron chi connectivity index (χ2n) is 14.0. The average molecular weight is 614 g/mol. The fraction of sp³-hybridized carbons (Fsp3) is 0.727. The number of nitrogens with zero attached hydrogens (tertiary/aromatic N) is 1. The molecule has 1 amide bonds. The lowest BCUT2D eigenvalue weighted by atomic mass is 9.43. The first-order valence-electron chi connectivity index (χ1n) is 15.6. The van der Waals surface area contributed by atoms with Gasteiger partial charge in [-0.2, -0.15) is 0 Å². The molecule has 6 aliphatic rings. The molecule has 1 heterocycles. The highest BCUT2D eigenvalue weighted by Crippen LogP contribution is 2.80. The molecule has 1 aromatic rings. The molecule has 240 valence electrons. The van der Waals surface area contributed by atoms with Crippen molar-refractivity contribution < 1.29 is 47.9 Å². The van der Waals surface area contributed by atoms with E-state index in [0.29, 0.717) is 18.7 Å². The fourth-order valence-corrected chi connectivity index (χ4v) is 12.0. The van der Waals surface area contributed by atoms with Crippen molar-refractivity contribution in [3.63, 3.8) is 0 Å². The summed E-state index contributed by atoms with van der Waals surface area (Å²) in [5.41, 5.74) is -3.63. The predicted molar refractivity (Wildman–Crippen MR) is 153 cm³/mol. The monoisotopic (exact) mass is 613 g/mol. The van der Waals surface area contributed by atoms with Gasteiger partial charge < -0.3 is 38.4 Å². The zero-order valence-corrected chi connectivity index (χ0v) is 26.0. The lowest BCUT2D eigenvalue weighted by molar-refractivity contribution is -0.283. The van der Waals surface area contributed by atoms with Crippen molar-refractivity contribution in [1.29, 1.82) is 0 Å². The zero-order valence-electron chi connectivity index (χ0n) is 26.0. The lowest BCUT2D eigenvalue weighted by Crippen LogP contribution is -2.77. The van der Waals surface area contributed by atoms with Gasteiger partial charge >= 0.3 is 11.9 Å². The fourth-order valence-electron chi connectivity index (χ4n) is 12.0. The van der Waals surface area contributed by atoms with Crippen molar-refractivity contribution in [1.82, 2.24) is 4.90 Å². The summed E-state index contributed by atoms with van der Waals surface area (Å²) in [6, 6.07) is 8.26. The average Bonchev–Trinajstić information content (AvgIpc) is 3.39. The maximum absolute atomic E-state index is 13.7. The Kier molecular flexibility index (Phi) is 6.99. The molecule has 5 saturated carbocycles. The summed E-state index contributed by atoms with van der Waals surface area (Å²) in [4.78, 5) is 41.7. The summed E-state index contributed by atoms with van der Waals surface area (Å²) in [5.74, 6) is -2.66. The first-order valence-corrected chi connectivity index (χ1v) is 15.6. The number of aliphatic hydroxyl groups is 1. The van der Waals surface area contributed by atoms with E-state index in [1.165, 1.54) is 14.0 Å². The third kappa shape index (κ3) is 3.48. The molecule has 0 aromatic heterocycles. The van der Waals surface area contributed by atoms with Crippen LogP contribution in [-0.4, -0.2) is 112 Å². The second-order valence-corrected chi connectivity index (χ2v) is 14.0. The van der Waals surface area contributed by atoms with E-state index >= 15 is 0 Å². The van der Waals surface area contributed by atoms with Crippen LogP contribution in [0.3, 0.4) is 0 Å². The smallest absolute Gasteiger partial charge is 0.338 e. The molecule has 1 aromatic carbocycles. The van der Waals surface area contributed by atoms with Crippen molar-refractivity contribution in [2.24, 2.45) is 34.5 Å². The van der Waals surface area contributed by atoms with Gasteiger partial charge in [-0.25, -0.2) is 4.79 Å². The minimum Gasteiger partial charge on any atom is -0.458 e. The number of esters is 2.